The number of rotatable bonds is 7. The third-order valence-corrected chi connectivity index (χ3v) is 2.76. The first-order valence-electron chi connectivity index (χ1n) is 6.47. The van der Waals surface area contributed by atoms with Crippen molar-refractivity contribution < 1.29 is 14.3 Å². The molecule has 0 saturated heterocycles. The van der Waals surface area contributed by atoms with Gasteiger partial charge in [-0.25, -0.2) is 4.79 Å². The zero-order valence-corrected chi connectivity index (χ0v) is 12.1. The number of hydrogen-bond donors (Lipinski definition) is 1. The molecule has 0 aliphatic heterocycles. The van der Waals surface area contributed by atoms with Gasteiger partial charge in [0.05, 0.1) is 13.7 Å². The number of nitrogens with one attached hydrogen (secondary N) is 1. The summed E-state index contributed by atoms with van der Waals surface area (Å²) in [4.78, 5) is 11.9. The summed E-state index contributed by atoms with van der Waals surface area (Å²) in [5.74, 6) is 0.199. The quantitative estimate of drug-likeness (QED) is 0.768. The molecule has 1 atom stereocenters. The molecule has 19 heavy (non-hydrogen) atoms. The highest BCUT2D eigenvalue weighted by atomic mass is 16.5. The van der Waals surface area contributed by atoms with Crippen LogP contribution in [0, 0.1) is 5.92 Å². The van der Waals surface area contributed by atoms with E-state index in [1.165, 1.54) is 7.11 Å². The molecule has 0 saturated carbocycles. The summed E-state index contributed by atoms with van der Waals surface area (Å²) in [5, 5.41) is 3.24. The number of carbonyl (C=O) groups excluding carboxylic acids is 1. The van der Waals surface area contributed by atoms with Gasteiger partial charge in [0.15, 0.2) is 0 Å². The van der Waals surface area contributed by atoms with Gasteiger partial charge in [0.25, 0.3) is 0 Å². The van der Waals surface area contributed by atoms with Gasteiger partial charge in [0.2, 0.25) is 0 Å². The minimum Gasteiger partial charge on any atom is -0.468 e. The van der Waals surface area contributed by atoms with Gasteiger partial charge in [-0.3, -0.25) is 0 Å². The summed E-state index contributed by atoms with van der Waals surface area (Å²) in [6.45, 7) is 5.49. The lowest BCUT2D eigenvalue weighted by molar-refractivity contribution is -0.143. The van der Waals surface area contributed by atoms with E-state index in [9.17, 15) is 4.79 Å². The lowest BCUT2D eigenvalue weighted by Crippen LogP contribution is -2.32. The van der Waals surface area contributed by atoms with E-state index >= 15 is 0 Å². The summed E-state index contributed by atoms with van der Waals surface area (Å²) in [7, 11) is 3.06. The van der Waals surface area contributed by atoms with E-state index in [1.807, 2.05) is 24.3 Å². The standard InChI is InChI=1S/C15H23NO3/c1-11(2)9-16-14(15(17)19-4)13-7-5-6-12(8-13)10-18-3/h5-8,11,14,16H,9-10H2,1-4H3. The molecule has 106 valence electrons. The molecule has 0 amide bonds. The highest BCUT2D eigenvalue weighted by Crippen LogP contribution is 2.17. The SMILES string of the molecule is COCc1cccc(C(NCC(C)C)C(=O)OC)c1. The van der Waals surface area contributed by atoms with Crippen molar-refractivity contribution >= 4 is 5.97 Å². The Kier molecular flexibility index (Phi) is 6.53. The lowest BCUT2D eigenvalue weighted by atomic mass is 10.0. The number of esters is 1. The molecule has 0 aliphatic rings. The fourth-order valence-electron chi connectivity index (χ4n) is 1.84. The molecule has 0 heterocycles. The molecule has 0 aromatic heterocycles. The van der Waals surface area contributed by atoms with Gasteiger partial charge in [0.1, 0.15) is 6.04 Å². The van der Waals surface area contributed by atoms with E-state index in [1.54, 1.807) is 7.11 Å². The highest BCUT2D eigenvalue weighted by molar-refractivity contribution is 5.77. The van der Waals surface area contributed by atoms with Crippen molar-refractivity contribution in [3.8, 4) is 0 Å². The molecule has 1 aromatic rings. The lowest BCUT2D eigenvalue weighted by Gasteiger charge is -2.18. The Balaban J connectivity index is 2.89. The van der Waals surface area contributed by atoms with Crippen LogP contribution in [0.4, 0.5) is 0 Å². The second kappa shape index (κ2) is 7.92. The second-order valence-electron chi connectivity index (χ2n) is 4.94. The maximum absolute atomic E-state index is 11.9. The van der Waals surface area contributed by atoms with Gasteiger partial charge in [0, 0.05) is 7.11 Å². The van der Waals surface area contributed by atoms with Gasteiger partial charge in [-0.05, 0) is 23.6 Å². The Morgan fingerprint density at radius 3 is 2.63 bits per heavy atom. The molecule has 4 heteroatoms. The highest BCUT2D eigenvalue weighted by Gasteiger charge is 2.21. The molecule has 1 unspecified atom stereocenters. The van der Waals surface area contributed by atoms with Crippen LogP contribution in [0.5, 0.6) is 0 Å². The van der Waals surface area contributed by atoms with Crippen molar-refractivity contribution in [2.45, 2.75) is 26.5 Å². The molecule has 0 radical (unpaired) electrons. The monoisotopic (exact) mass is 265 g/mol. The molecule has 0 bridgehead atoms. The van der Waals surface area contributed by atoms with Crippen molar-refractivity contribution in [1.29, 1.82) is 0 Å². The van der Waals surface area contributed by atoms with Crippen LogP contribution in [0.2, 0.25) is 0 Å². The fraction of sp³-hybridized carbons (Fsp3) is 0.533. The zero-order chi connectivity index (χ0) is 14.3. The molecule has 1 N–H and O–H groups in total. The Labute approximate surface area is 115 Å². The summed E-state index contributed by atoms with van der Waals surface area (Å²) in [5.41, 5.74) is 1.95. The number of hydrogen-bond acceptors (Lipinski definition) is 4. The topological polar surface area (TPSA) is 47.6 Å². The van der Waals surface area contributed by atoms with Crippen LogP contribution in [-0.2, 0) is 20.9 Å². The molecule has 1 aromatic carbocycles. The average Bonchev–Trinajstić information content (AvgIpc) is 2.39. The average molecular weight is 265 g/mol. The van der Waals surface area contributed by atoms with Gasteiger partial charge in [-0.1, -0.05) is 38.1 Å². The van der Waals surface area contributed by atoms with E-state index in [0.717, 1.165) is 17.7 Å². The van der Waals surface area contributed by atoms with Crippen LogP contribution in [0.1, 0.15) is 31.0 Å². The maximum Gasteiger partial charge on any atom is 0.327 e. The van der Waals surface area contributed by atoms with Crippen molar-refractivity contribution in [3.05, 3.63) is 35.4 Å². The van der Waals surface area contributed by atoms with Crippen LogP contribution >= 0.6 is 0 Å². The maximum atomic E-state index is 11.9. The number of carbonyl (C=O) groups is 1. The van der Waals surface area contributed by atoms with E-state index in [-0.39, 0.29) is 5.97 Å². The van der Waals surface area contributed by atoms with Crippen LogP contribution < -0.4 is 5.32 Å². The van der Waals surface area contributed by atoms with Gasteiger partial charge in [-0.2, -0.15) is 0 Å². The van der Waals surface area contributed by atoms with Crippen molar-refractivity contribution in [3.63, 3.8) is 0 Å². The molecular formula is C15H23NO3. The fourth-order valence-corrected chi connectivity index (χ4v) is 1.84. The number of benzene rings is 1. The van der Waals surface area contributed by atoms with Gasteiger partial charge < -0.3 is 14.8 Å². The molecule has 4 nitrogen and oxygen atoms in total. The predicted octanol–water partition coefficient (Wildman–Crippen LogP) is 2.29. The summed E-state index contributed by atoms with van der Waals surface area (Å²) < 4.78 is 9.98. The van der Waals surface area contributed by atoms with Gasteiger partial charge in [-0.15, -0.1) is 0 Å². The Morgan fingerprint density at radius 1 is 1.32 bits per heavy atom. The summed E-state index contributed by atoms with van der Waals surface area (Å²) >= 11 is 0. The Morgan fingerprint density at radius 2 is 2.05 bits per heavy atom. The van der Waals surface area contributed by atoms with Crippen molar-refractivity contribution in [2.75, 3.05) is 20.8 Å². The molecule has 0 aliphatic carbocycles. The van der Waals surface area contributed by atoms with E-state index in [0.29, 0.717) is 12.5 Å². The summed E-state index contributed by atoms with van der Waals surface area (Å²) in [6.07, 6.45) is 0. The van der Waals surface area contributed by atoms with E-state index in [2.05, 4.69) is 19.2 Å². The van der Waals surface area contributed by atoms with E-state index < -0.39 is 6.04 Å². The van der Waals surface area contributed by atoms with Crippen LogP contribution in [0.15, 0.2) is 24.3 Å². The molecule has 0 spiro atoms. The first-order valence-corrected chi connectivity index (χ1v) is 6.47. The van der Waals surface area contributed by atoms with Crippen LogP contribution in [0.3, 0.4) is 0 Å². The zero-order valence-electron chi connectivity index (χ0n) is 12.1. The van der Waals surface area contributed by atoms with Crippen molar-refractivity contribution in [2.24, 2.45) is 5.92 Å². The number of ether oxygens (including phenoxy) is 2. The predicted molar refractivity (Wildman–Crippen MR) is 74.8 cm³/mol. The minimum absolute atomic E-state index is 0.268. The third-order valence-electron chi connectivity index (χ3n) is 2.76. The van der Waals surface area contributed by atoms with Crippen LogP contribution in [0.25, 0.3) is 0 Å². The first-order chi connectivity index (χ1) is 9.08. The largest absolute Gasteiger partial charge is 0.468 e. The molecular weight excluding hydrogens is 242 g/mol. The van der Waals surface area contributed by atoms with Crippen molar-refractivity contribution in [1.82, 2.24) is 5.32 Å². The molecule has 1 rings (SSSR count). The van der Waals surface area contributed by atoms with Gasteiger partial charge >= 0.3 is 5.97 Å². The van der Waals surface area contributed by atoms with E-state index in [4.69, 9.17) is 9.47 Å². The number of methoxy groups -OCH3 is 2. The third kappa shape index (κ3) is 5.01. The molecule has 0 fully saturated rings. The first kappa shape index (κ1) is 15.7. The Hall–Kier alpha value is -1.39. The van der Waals surface area contributed by atoms with Crippen LogP contribution in [-0.4, -0.2) is 26.7 Å². The smallest absolute Gasteiger partial charge is 0.327 e. The Bertz CT molecular complexity index is 404. The second-order valence-corrected chi connectivity index (χ2v) is 4.94. The minimum atomic E-state index is -0.427. The summed E-state index contributed by atoms with van der Waals surface area (Å²) in [6, 6.07) is 7.37. The normalized spacial score (nSPS) is 12.5.